The van der Waals surface area contributed by atoms with Crippen LogP contribution in [-0.2, 0) is 27.7 Å². The molecule has 1 saturated heterocycles. The van der Waals surface area contributed by atoms with Gasteiger partial charge in [0, 0.05) is 30.7 Å². The predicted molar refractivity (Wildman–Crippen MR) is 80.9 cm³/mol. The highest BCUT2D eigenvalue weighted by Gasteiger charge is 2.33. The van der Waals surface area contributed by atoms with Gasteiger partial charge in [-0.1, -0.05) is 0 Å². The maximum absolute atomic E-state index is 12.6. The van der Waals surface area contributed by atoms with E-state index in [2.05, 4.69) is 10.0 Å². The van der Waals surface area contributed by atoms with E-state index in [0.717, 1.165) is 16.2 Å². The van der Waals surface area contributed by atoms with E-state index >= 15 is 0 Å². The van der Waals surface area contributed by atoms with E-state index in [4.69, 9.17) is 4.74 Å². The van der Waals surface area contributed by atoms with Crippen molar-refractivity contribution in [3.8, 4) is 0 Å². The third-order valence-corrected chi connectivity index (χ3v) is 7.17. The van der Waals surface area contributed by atoms with E-state index in [-0.39, 0.29) is 15.8 Å². The topological polar surface area (TPSA) is 105 Å². The summed E-state index contributed by atoms with van der Waals surface area (Å²) in [5, 5.41) is 12.6. The Hall–Kier alpha value is -1.00. The third kappa shape index (κ3) is 3.04. The molecular formula is C13H18N2O5S2. The minimum Gasteiger partial charge on any atom is -0.478 e. The zero-order chi connectivity index (χ0) is 15.7. The number of hydrogen-bond acceptors (Lipinski definition) is 6. The van der Waals surface area contributed by atoms with Crippen LogP contribution >= 0.6 is 11.3 Å². The van der Waals surface area contributed by atoms with Crippen molar-refractivity contribution in [2.75, 3.05) is 19.8 Å². The lowest BCUT2D eigenvalue weighted by Crippen LogP contribution is -2.39. The van der Waals surface area contributed by atoms with Crippen molar-refractivity contribution in [1.29, 1.82) is 0 Å². The van der Waals surface area contributed by atoms with Gasteiger partial charge in [-0.2, -0.15) is 0 Å². The van der Waals surface area contributed by atoms with E-state index in [1.165, 1.54) is 0 Å². The first kappa shape index (κ1) is 15.9. The molecule has 3 N–H and O–H groups in total. The van der Waals surface area contributed by atoms with Crippen molar-refractivity contribution in [2.45, 2.75) is 36.1 Å². The van der Waals surface area contributed by atoms with E-state index in [1.54, 1.807) is 0 Å². The Morgan fingerprint density at radius 2 is 2.09 bits per heavy atom. The highest BCUT2D eigenvalue weighted by atomic mass is 32.2. The summed E-state index contributed by atoms with van der Waals surface area (Å²) < 4.78 is 33.0. The Bertz CT molecular complexity index is 677. The molecule has 1 fully saturated rings. The highest BCUT2D eigenvalue weighted by Crippen LogP contribution is 2.34. The van der Waals surface area contributed by atoms with Gasteiger partial charge in [0.2, 0.25) is 0 Å². The summed E-state index contributed by atoms with van der Waals surface area (Å²) in [6, 6.07) is -0.197. The number of carbonyl (C=O) groups is 1. The van der Waals surface area contributed by atoms with Crippen LogP contribution in [0.15, 0.2) is 4.21 Å². The molecule has 122 valence electrons. The summed E-state index contributed by atoms with van der Waals surface area (Å²) in [6.45, 7) is 2.22. The molecule has 0 aliphatic carbocycles. The molecule has 7 nitrogen and oxygen atoms in total. The average molecular weight is 346 g/mol. The molecule has 0 saturated carbocycles. The molecule has 0 bridgehead atoms. The lowest BCUT2D eigenvalue weighted by atomic mass is 10.1. The van der Waals surface area contributed by atoms with Gasteiger partial charge < -0.3 is 15.2 Å². The van der Waals surface area contributed by atoms with Gasteiger partial charge in [0.25, 0.3) is 10.0 Å². The first-order chi connectivity index (χ1) is 10.5. The first-order valence-electron chi connectivity index (χ1n) is 7.17. The molecule has 22 heavy (non-hydrogen) atoms. The Labute approximate surface area is 132 Å². The number of ether oxygens (including phenoxy) is 1. The van der Waals surface area contributed by atoms with Gasteiger partial charge in [-0.05, 0) is 31.4 Å². The normalized spacial score (nSPS) is 19.8. The standard InChI is InChI=1S/C13H18N2O5S2/c16-12(17)11-9-1-4-14-7-10(9)21-13(11)22(18,19)15-8-2-5-20-6-3-8/h8,14-15H,1-7H2,(H,16,17). The predicted octanol–water partition coefficient (Wildman–Crippen LogP) is 0.549. The Kier molecular flexibility index (Phi) is 4.51. The monoisotopic (exact) mass is 346 g/mol. The molecular weight excluding hydrogens is 328 g/mol. The molecule has 2 aliphatic rings. The third-order valence-electron chi connectivity index (χ3n) is 3.90. The fraction of sp³-hybridized carbons (Fsp3) is 0.615. The number of sulfonamides is 1. The summed E-state index contributed by atoms with van der Waals surface area (Å²) in [5.74, 6) is -1.17. The van der Waals surface area contributed by atoms with Gasteiger partial charge in [0.05, 0.1) is 5.56 Å². The van der Waals surface area contributed by atoms with Crippen LogP contribution in [0.3, 0.4) is 0 Å². The van der Waals surface area contributed by atoms with E-state index in [9.17, 15) is 18.3 Å². The van der Waals surface area contributed by atoms with Crippen LogP contribution in [0.4, 0.5) is 0 Å². The van der Waals surface area contributed by atoms with Gasteiger partial charge in [-0.3, -0.25) is 0 Å². The maximum atomic E-state index is 12.6. The molecule has 0 aromatic carbocycles. The Morgan fingerprint density at radius 3 is 2.77 bits per heavy atom. The number of hydrogen-bond donors (Lipinski definition) is 3. The second-order valence-electron chi connectivity index (χ2n) is 5.41. The minimum absolute atomic E-state index is 0.0546. The molecule has 0 spiro atoms. The quantitative estimate of drug-likeness (QED) is 0.735. The number of carboxylic acids is 1. The molecule has 1 aromatic heterocycles. The van der Waals surface area contributed by atoms with Crippen LogP contribution in [0.2, 0.25) is 0 Å². The van der Waals surface area contributed by atoms with Gasteiger partial charge in [0.1, 0.15) is 4.21 Å². The Morgan fingerprint density at radius 1 is 1.36 bits per heavy atom. The van der Waals surface area contributed by atoms with Crippen LogP contribution in [-0.4, -0.2) is 45.3 Å². The zero-order valence-electron chi connectivity index (χ0n) is 11.9. The number of nitrogens with one attached hydrogen (secondary N) is 2. The van der Waals surface area contributed by atoms with E-state index in [1.807, 2.05) is 0 Å². The molecule has 3 rings (SSSR count). The van der Waals surface area contributed by atoms with Gasteiger partial charge in [-0.15, -0.1) is 11.3 Å². The van der Waals surface area contributed by atoms with Gasteiger partial charge in [0.15, 0.2) is 0 Å². The van der Waals surface area contributed by atoms with Crippen LogP contribution in [0.1, 0.15) is 33.6 Å². The van der Waals surface area contributed by atoms with E-state index < -0.39 is 16.0 Å². The van der Waals surface area contributed by atoms with Crippen molar-refractivity contribution in [1.82, 2.24) is 10.0 Å². The number of fused-ring (bicyclic) bond motifs is 1. The molecule has 0 amide bonds. The molecule has 0 unspecified atom stereocenters. The number of aromatic carboxylic acids is 1. The van der Waals surface area contributed by atoms with Crippen LogP contribution in [0.5, 0.6) is 0 Å². The summed E-state index contributed by atoms with van der Waals surface area (Å²) in [7, 11) is -3.83. The second-order valence-corrected chi connectivity index (χ2v) is 8.42. The van der Waals surface area contributed by atoms with Crippen LogP contribution in [0.25, 0.3) is 0 Å². The van der Waals surface area contributed by atoms with Crippen molar-refractivity contribution in [3.05, 3.63) is 16.0 Å². The van der Waals surface area contributed by atoms with Crippen molar-refractivity contribution in [3.63, 3.8) is 0 Å². The maximum Gasteiger partial charge on any atom is 0.338 e. The molecule has 2 aliphatic heterocycles. The van der Waals surface area contributed by atoms with E-state index in [0.29, 0.717) is 51.1 Å². The molecule has 0 atom stereocenters. The summed E-state index contributed by atoms with van der Waals surface area (Å²) in [4.78, 5) is 12.4. The average Bonchev–Trinajstić information content (AvgIpc) is 2.88. The molecule has 9 heteroatoms. The van der Waals surface area contributed by atoms with Crippen LogP contribution in [0, 0.1) is 0 Å². The zero-order valence-corrected chi connectivity index (χ0v) is 13.6. The molecule has 0 radical (unpaired) electrons. The smallest absolute Gasteiger partial charge is 0.338 e. The van der Waals surface area contributed by atoms with Crippen LogP contribution < -0.4 is 10.0 Å². The van der Waals surface area contributed by atoms with Gasteiger partial charge in [-0.25, -0.2) is 17.9 Å². The number of rotatable bonds is 4. The lowest BCUT2D eigenvalue weighted by molar-refractivity contribution is 0.0691. The largest absolute Gasteiger partial charge is 0.478 e. The fourth-order valence-corrected chi connectivity index (χ4v) is 5.99. The fourth-order valence-electron chi connectivity index (χ4n) is 2.80. The van der Waals surface area contributed by atoms with Crippen molar-refractivity contribution < 1.29 is 23.1 Å². The molecule has 3 heterocycles. The number of thiophene rings is 1. The minimum atomic E-state index is -3.83. The lowest BCUT2D eigenvalue weighted by Gasteiger charge is -2.22. The highest BCUT2D eigenvalue weighted by molar-refractivity contribution is 7.91. The molecule has 1 aromatic rings. The second kappa shape index (κ2) is 6.25. The summed E-state index contributed by atoms with van der Waals surface area (Å²) in [5.41, 5.74) is 0.602. The SMILES string of the molecule is O=C(O)c1c(S(=O)(=O)NC2CCOCC2)sc2c1CCNC2. The van der Waals surface area contributed by atoms with Crippen molar-refractivity contribution >= 4 is 27.3 Å². The Balaban J connectivity index is 1.95. The first-order valence-corrected chi connectivity index (χ1v) is 9.47. The number of carboxylic acid groups (broad SMARTS) is 1. The summed E-state index contributed by atoms with van der Waals surface area (Å²) >= 11 is 1.06. The summed E-state index contributed by atoms with van der Waals surface area (Å²) in [6.07, 6.45) is 1.75. The van der Waals surface area contributed by atoms with Crippen molar-refractivity contribution in [2.24, 2.45) is 0 Å². The van der Waals surface area contributed by atoms with Gasteiger partial charge >= 0.3 is 5.97 Å².